The predicted octanol–water partition coefficient (Wildman–Crippen LogP) is 4.19. The molecule has 21 heavy (non-hydrogen) atoms. The summed E-state index contributed by atoms with van der Waals surface area (Å²) in [6, 6.07) is 11.4. The van der Waals surface area contributed by atoms with Crippen LogP contribution < -0.4 is 15.2 Å². The van der Waals surface area contributed by atoms with E-state index in [1.807, 2.05) is 36.4 Å². The summed E-state index contributed by atoms with van der Waals surface area (Å²) in [5.41, 5.74) is 7.53. The molecule has 5 heteroatoms. The minimum atomic E-state index is 0.403. The average Bonchev–Trinajstić information content (AvgIpc) is 2.48. The maximum Gasteiger partial charge on any atom is 0.125 e. The van der Waals surface area contributed by atoms with E-state index in [2.05, 4.69) is 15.9 Å². The van der Waals surface area contributed by atoms with Crippen molar-refractivity contribution in [1.82, 2.24) is 0 Å². The molecular formula is C16H17BrClNO2. The van der Waals surface area contributed by atoms with Gasteiger partial charge in [-0.25, -0.2) is 0 Å². The summed E-state index contributed by atoms with van der Waals surface area (Å²) in [6.07, 6.45) is 0.685. The molecule has 0 aromatic heterocycles. The van der Waals surface area contributed by atoms with E-state index < -0.39 is 0 Å². The van der Waals surface area contributed by atoms with Gasteiger partial charge in [-0.2, -0.15) is 0 Å². The van der Waals surface area contributed by atoms with E-state index in [0.29, 0.717) is 24.6 Å². The first kappa shape index (κ1) is 16.1. The van der Waals surface area contributed by atoms with Crippen LogP contribution in [0.3, 0.4) is 0 Å². The molecule has 0 radical (unpaired) electrons. The highest BCUT2D eigenvalue weighted by Gasteiger charge is 2.10. The Labute approximate surface area is 138 Å². The second kappa shape index (κ2) is 7.69. The van der Waals surface area contributed by atoms with Crippen molar-refractivity contribution in [2.24, 2.45) is 5.73 Å². The lowest BCUT2D eigenvalue weighted by Gasteiger charge is -2.14. The lowest BCUT2D eigenvalue weighted by Crippen LogP contribution is -2.06. The summed E-state index contributed by atoms with van der Waals surface area (Å²) in [7, 11) is 1.64. The Morgan fingerprint density at radius 2 is 2.00 bits per heavy atom. The van der Waals surface area contributed by atoms with Crippen molar-refractivity contribution in [2.75, 3.05) is 13.7 Å². The second-order valence-corrected chi connectivity index (χ2v) is 5.82. The third kappa shape index (κ3) is 4.13. The van der Waals surface area contributed by atoms with E-state index >= 15 is 0 Å². The fourth-order valence-electron chi connectivity index (χ4n) is 2.08. The first-order valence-electron chi connectivity index (χ1n) is 6.58. The van der Waals surface area contributed by atoms with Gasteiger partial charge in [-0.1, -0.05) is 33.6 Å². The van der Waals surface area contributed by atoms with Crippen molar-refractivity contribution in [2.45, 2.75) is 13.0 Å². The first-order valence-corrected chi connectivity index (χ1v) is 7.75. The highest BCUT2D eigenvalue weighted by Crippen LogP contribution is 2.29. The number of rotatable bonds is 6. The number of hydrogen-bond donors (Lipinski definition) is 1. The third-order valence-electron chi connectivity index (χ3n) is 3.10. The van der Waals surface area contributed by atoms with Gasteiger partial charge in [0.1, 0.15) is 18.1 Å². The number of halogens is 2. The van der Waals surface area contributed by atoms with Gasteiger partial charge in [-0.05, 0) is 43.3 Å². The molecule has 2 aromatic rings. The van der Waals surface area contributed by atoms with Crippen molar-refractivity contribution >= 4 is 27.5 Å². The molecule has 2 N–H and O–H groups in total. The summed E-state index contributed by atoms with van der Waals surface area (Å²) < 4.78 is 12.2. The molecule has 0 aliphatic carbocycles. The molecule has 0 fully saturated rings. The molecule has 112 valence electrons. The van der Waals surface area contributed by atoms with Gasteiger partial charge in [0.2, 0.25) is 0 Å². The van der Waals surface area contributed by atoms with E-state index in [4.69, 9.17) is 26.8 Å². The van der Waals surface area contributed by atoms with Crippen LogP contribution in [0.15, 0.2) is 40.9 Å². The Bertz CT molecular complexity index is 619. The lowest BCUT2D eigenvalue weighted by atomic mass is 10.1. The molecular weight excluding hydrogens is 354 g/mol. The highest BCUT2D eigenvalue weighted by molar-refractivity contribution is 9.10. The van der Waals surface area contributed by atoms with Crippen LogP contribution in [0.2, 0.25) is 5.02 Å². The van der Waals surface area contributed by atoms with Gasteiger partial charge in [0.25, 0.3) is 0 Å². The number of ether oxygens (including phenoxy) is 2. The zero-order valence-electron chi connectivity index (χ0n) is 11.7. The monoisotopic (exact) mass is 369 g/mol. The quantitative estimate of drug-likeness (QED) is 0.829. The fourth-order valence-corrected chi connectivity index (χ4v) is 2.75. The summed E-state index contributed by atoms with van der Waals surface area (Å²) >= 11 is 9.66. The highest BCUT2D eigenvalue weighted by atomic mass is 79.9. The van der Waals surface area contributed by atoms with Crippen LogP contribution >= 0.6 is 27.5 Å². The van der Waals surface area contributed by atoms with E-state index in [-0.39, 0.29) is 0 Å². The normalized spacial score (nSPS) is 10.5. The second-order valence-electron chi connectivity index (χ2n) is 4.50. The average molecular weight is 371 g/mol. The maximum absolute atomic E-state index is 6.21. The number of benzene rings is 2. The molecule has 0 aliphatic rings. The Hall–Kier alpha value is -1.23. The van der Waals surface area contributed by atoms with Crippen molar-refractivity contribution in [3.8, 4) is 11.5 Å². The molecule has 0 saturated carbocycles. The zero-order valence-corrected chi connectivity index (χ0v) is 14.1. The van der Waals surface area contributed by atoms with Crippen LogP contribution in [0.5, 0.6) is 11.5 Å². The van der Waals surface area contributed by atoms with Crippen LogP contribution in [0, 0.1) is 0 Å². The molecule has 0 bridgehead atoms. The topological polar surface area (TPSA) is 44.5 Å². The summed E-state index contributed by atoms with van der Waals surface area (Å²) in [6.45, 7) is 0.931. The third-order valence-corrected chi connectivity index (χ3v) is 3.94. The van der Waals surface area contributed by atoms with E-state index in [1.54, 1.807) is 7.11 Å². The summed E-state index contributed by atoms with van der Waals surface area (Å²) in [5.74, 6) is 1.55. The first-order chi connectivity index (χ1) is 10.2. The largest absolute Gasteiger partial charge is 0.496 e. The SMILES string of the molecule is COc1ccc(Br)cc1COc1cccc(Cl)c1CCN. The van der Waals surface area contributed by atoms with E-state index in [9.17, 15) is 0 Å². The van der Waals surface area contributed by atoms with Crippen LogP contribution in [0.1, 0.15) is 11.1 Å². The van der Waals surface area contributed by atoms with Crippen molar-refractivity contribution in [3.05, 3.63) is 57.0 Å². The van der Waals surface area contributed by atoms with Crippen LogP contribution in [-0.4, -0.2) is 13.7 Å². The van der Waals surface area contributed by atoms with Crippen molar-refractivity contribution in [3.63, 3.8) is 0 Å². The minimum absolute atomic E-state index is 0.403. The maximum atomic E-state index is 6.21. The van der Waals surface area contributed by atoms with Crippen molar-refractivity contribution in [1.29, 1.82) is 0 Å². The molecule has 0 unspecified atom stereocenters. The molecule has 0 atom stereocenters. The predicted molar refractivity (Wildman–Crippen MR) is 89.2 cm³/mol. The zero-order chi connectivity index (χ0) is 15.2. The minimum Gasteiger partial charge on any atom is -0.496 e. The van der Waals surface area contributed by atoms with E-state index in [1.165, 1.54) is 0 Å². The van der Waals surface area contributed by atoms with Crippen LogP contribution in [0.4, 0.5) is 0 Å². The Morgan fingerprint density at radius 1 is 1.19 bits per heavy atom. The van der Waals surface area contributed by atoms with Gasteiger partial charge in [-0.15, -0.1) is 0 Å². The van der Waals surface area contributed by atoms with Crippen LogP contribution in [-0.2, 0) is 13.0 Å². The Kier molecular flexibility index (Phi) is 5.91. The summed E-state index contributed by atoms with van der Waals surface area (Å²) in [4.78, 5) is 0. The van der Waals surface area contributed by atoms with Gasteiger partial charge in [0.05, 0.1) is 7.11 Å². The molecule has 0 spiro atoms. The lowest BCUT2D eigenvalue weighted by molar-refractivity contribution is 0.294. The fraction of sp³-hybridized carbons (Fsp3) is 0.250. The van der Waals surface area contributed by atoms with Crippen LogP contribution in [0.25, 0.3) is 0 Å². The molecule has 0 saturated heterocycles. The molecule has 0 heterocycles. The molecule has 0 amide bonds. The van der Waals surface area contributed by atoms with Gasteiger partial charge < -0.3 is 15.2 Å². The summed E-state index contributed by atoms with van der Waals surface area (Å²) in [5, 5.41) is 0.680. The van der Waals surface area contributed by atoms with E-state index in [0.717, 1.165) is 27.1 Å². The van der Waals surface area contributed by atoms with Crippen molar-refractivity contribution < 1.29 is 9.47 Å². The Balaban J connectivity index is 2.20. The van der Waals surface area contributed by atoms with Gasteiger partial charge in [0.15, 0.2) is 0 Å². The molecule has 0 aliphatic heterocycles. The van der Waals surface area contributed by atoms with Gasteiger partial charge >= 0.3 is 0 Å². The molecule has 2 aromatic carbocycles. The molecule has 3 nitrogen and oxygen atoms in total. The van der Waals surface area contributed by atoms with Gasteiger partial charge in [-0.3, -0.25) is 0 Å². The van der Waals surface area contributed by atoms with Gasteiger partial charge in [0, 0.05) is 20.6 Å². The number of methoxy groups -OCH3 is 1. The Morgan fingerprint density at radius 3 is 2.71 bits per heavy atom. The number of nitrogens with two attached hydrogens (primary N) is 1. The molecule has 2 rings (SSSR count). The standard InChI is InChI=1S/C16H17BrClNO2/c1-20-15-6-5-12(17)9-11(15)10-21-16-4-2-3-14(18)13(16)7-8-19/h2-6,9H,7-8,10,19H2,1H3. The smallest absolute Gasteiger partial charge is 0.125 e. The number of hydrogen-bond acceptors (Lipinski definition) is 3.